The number of amides is 2. The van der Waals surface area contributed by atoms with Gasteiger partial charge in [0, 0.05) is 37.8 Å². The van der Waals surface area contributed by atoms with Crippen LogP contribution in [0.4, 0.5) is 22.2 Å². The highest BCUT2D eigenvalue weighted by Crippen LogP contribution is 2.28. The number of aryl methyl sites for hydroxylation is 1. The molecule has 7 heteroatoms. The van der Waals surface area contributed by atoms with Crippen molar-refractivity contribution in [3.63, 3.8) is 0 Å². The Bertz CT molecular complexity index is 1090. The van der Waals surface area contributed by atoms with Crippen LogP contribution in [0, 0.1) is 5.92 Å². The Morgan fingerprint density at radius 2 is 1.82 bits per heavy atom. The fourth-order valence-electron chi connectivity index (χ4n) is 4.44. The fourth-order valence-corrected chi connectivity index (χ4v) is 4.44. The lowest BCUT2D eigenvalue weighted by Crippen LogP contribution is -2.36. The van der Waals surface area contributed by atoms with Crippen molar-refractivity contribution < 1.29 is 4.79 Å². The van der Waals surface area contributed by atoms with Crippen LogP contribution in [-0.4, -0.2) is 42.7 Å². The third kappa shape index (κ3) is 5.92. The average Bonchev–Trinajstić information content (AvgIpc) is 2.83. The second kappa shape index (κ2) is 10.5. The smallest absolute Gasteiger partial charge is 0.319 e. The van der Waals surface area contributed by atoms with Crippen molar-refractivity contribution in [2.75, 3.05) is 36.2 Å². The van der Waals surface area contributed by atoms with Gasteiger partial charge in [-0.15, -0.1) is 0 Å². The van der Waals surface area contributed by atoms with Crippen LogP contribution < -0.4 is 20.9 Å². The first-order valence-corrected chi connectivity index (χ1v) is 11.9. The number of rotatable bonds is 7. The zero-order chi connectivity index (χ0) is 23.2. The van der Waals surface area contributed by atoms with Gasteiger partial charge < -0.3 is 20.9 Å². The maximum atomic E-state index is 12.3. The number of fused-ring (bicyclic) bond motifs is 1. The van der Waals surface area contributed by atoms with Crippen LogP contribution in [0.3, 0.4) is 0 Å². The first-order valence-electron chi connectivity index (χ1n) is 11.9. The number of aromatic nitrogens is 2. The summed E-state index contributed by atoms with van der Waals surface area (Å²) in [6.07, 6.45) is 5.17. The summed E-state index contributed by atoms with van der Waals surface area (Å²) in [5, 5.41) is 10.6. The molecule has 0 atom stereocenters. The molecule has 2 amide bonds. The van der Waals surface area contributed by atoms with Gasteiger partial charge in [-0.05, 0) is 67.9 Å². The molecule has 1 aliphatic rings. The van der Waals surface area contributed by atoms with Gasteiger partial charge in [0.1, 0.15) is 5.82 Å². The number of nitrogens with zero attached hydrogens (tertiary/aromatic N) is 3. The summed E-state index contributed by atoms with van der Waals surface area (Å²) in [7, 11) is 4.01. The summed E-state index contributed by atoms with van der Waals surface area (Å²) in [6, 6.07) is 16.3. The number of nitrogens with one attached hydrogen (secondary N) is 3. The van der Waals surface area contributed by atoms with E-state index in [-0.39, 0.29) is 6.03 Å². The van der Waals surface area contributed by atoms with E-state index >= 15 is 0 Å². The predicted molar refractivity (Wildman–Crippen MR) is 136 cm³/mol. The maximum Gasteiger partial charge on any atom is 0.319 e. The normalized spacial score (nSPS) is 18.0. The molecule has 2 aromatic carbocycles. The zero-order valence-corrected chi connectivity index (χ0v) is 19.8. The van der Waals surface area contributed by atoms with Crippen molar-refractivity contribution in [2.24, 2.45) is 5.92 Å². The quantitative estimate of drug-likeness (QED) is 0.473. The minimum Gasteiger partial charge on any atom is -0.362 e. The van der Waals surface area contributed by atoms with Gasteiger partial charge in [0.15, 0.2) is 0 Å². The lowest BCUT2D eigenvalue weighted by molar-refractivity contribution is 0.246. The number of anilines is 3. The molecule has 3 N–H and O–H groups in total. The Morgan fingerprint density at radius 1 is 1.03 bits per heavy atom. The minimum absolute atomic E-state index is 0.135. The first kappa shape index (κ1) is 22.8. The van der Waals surface area contributed by atoms with E-state index in [1.165, 1.54) is 5.56 Å². The zero-order valence-electron chi connectivity index (χ0n) is 19.8. The van der Waals surface area contributed by atoms with Crippen molar-refractivity contribution in [1.82, 2.24) is 15.3 Å². The number of hydrogen-bond donors (Lipinski definition) is 3. The highest BCUT2D eigenvalue weighted by atomic mass is 16.2. The molecule has 1 aromatic heterocycles. The van der Waals surface area contributed by atoms with Gasteiger partial charge in [-0.1, -0.05) is 31.2 Å². The Balaban J connectivity index is 1.26. The molecular formula is C26H34N6O. The summed E-state index contributed by atoms with van der Waals surface area (Å²) in [5.74, 6) is 2.11. The second-order valence-corrected chi connectivity index (χ2v) is 9.03. The van der Waals surface area contributed by atoms with Crippen molar-refractivity contribution >= 4 is 34.4 Å². The van der Waals surface area contributed by atoms with E-state index < -0.39 is 0 Å². The molecule has 7 nitrogen and oxygen atoms in total. The molecule has 0 unspecified atom stereocenters. The lowest BCUT2D eigenvalue weighted by Gasteiger charge is -2.29. The largest absolute Gasteiger partial charge is 0.362 e. The summed E-state index contributed by atoms with van der Waals surface area (Å²) >= 11 is 0. The molecule has 1 heterocycles. The van der Waals surface area contributed by atoms with E-state index in [0.29, 0.717) is 24.5 Å². The summed E-state index contributed by atoms with van der Waals surface area (Å²) in [4.78, 5) is 23.8. The van der Waals surface area contributed by atoms with Gasteiger partial charge in [-0.2, -0.15) is 4.98 Å². The molecule has 33 heavy (non-hydrogen) atoms. The van der Waals surface area contributed by atoms with E-state index in [1.807, 2.05) is 55.4 Å². The minimum atomic E-state index is -0.135. The van der Waals surface area contributed by atoms with Crippen LogP contribution in [0.25, 0.3) is 10.9 Å². The number of benzene rings is 2. The Labute approximate surface area is 196 Å². The first-order chi connectivity index (χ1) is 16.0. The fraction of sp³-hybridized carbons (Fsp3) is 0.423. The maximum absolute atomic E-state index is 12.3. The van der Waals surface area contributed by atoms with Crippen molar-refractivity contribution in [1.29, 1.82) is 0 Å². The van der Waals surface area contributed by atoms with E-state index in [0.717, 1.165) is 54.5 Å². The molecule has 0 saturated heterocycles. The van der Waals surface area contributed by atoms with Crippen molar-refractivity contribution in [3.05, 3.63) is 54.1 Å². The van der Waals surface area contributed by atoms with Crippen molar-refractivity contribution in [3.8, 4) is 0 Å². The van der Waals surface area contributed by atoms with Gasteiger partial charge >= 0.3 is 6.03 Å². The van der Waals surface area contributed by atoms with Crippen LogP contribution in [0.1, 0.15) is 38.2 Å². The summed E-state index contributed by atoms with van der Waals surface area (Å²) in [5.41, 5.74) is 3.01. The number of carbonyl (C=O) groups excluding carboxylic acids is 1. The van der Waals surface area contributed by atoms with E-state index in [1.54, 1.807) is 0 Å². The Morgan fingerprint density at radius 3 is 2.58 bits per heavy atom. The molecule has 4 rings (SSSR count). The second-order valence-electron chi connectivity index (χ2n) is 9.03. The summed E-state index contributed by atoms with van der Waals surface area (Å²) in [6.45, 7) is 2.81. The SMILES string of the molecule is CCc1cccc(NC(=O)NCC2CCC(Nc3nc(N(C)C)c4ccccc4n3)CC2)c1. The number of carbonyl (C=O) groups is 1. The highest BCUT2D eigenvalue weighted by molar-refractivity contribution is 5.90. The predicted octanol–water partition coefficient (Wildman–Crippen LogP) is 5.05. The molecular weight excluding hydrogens is 412 g/mol. The number of para-hydroxylation sites is 1. The van der Waals surface area contributed by atoms with Gasteiger partial charge in [0.25, 0.3) is 0 Å². The highest BCUT2D eigenvalue weighted by Gasteiger charge is 2.22. The molecule has 0 bridgehead atoms. The van der Waals surface area contributed by atoms with Gasteiger partial charge in [-0.25, -0.2) is 9.78 Å². The third-order valence-corrected chi connectivity index (χ3v) is 6.33. The van der Waals surface area contributed by atoms with Crippen LogP contribution in [0.5, 0.6) is 0 Å². The molecule has 0 aliphatic heterocycles. The number of hydrogen-bond acceptors (Lipinski definition) is 5. The van der Waals surface area contributed by atoms with Gasteiger partial charge in [-0.3, -0.25) is 0 Å². The molecule has 3 aromatic rings. The molecule has 1 fully saturated rings. The molecule has 1 aliphatic carbocycles. The van der Waals surface area contributed by atoms with E-state index in [4.69, 9.17) is 9.97 Å². The van der Waals surface area contributed by atoms with Crippen LogP contribution in [-0.2, 0) is 6.42 Å². The molecule has 174 valence electrons. The Kier molecular flexibility index (Phi) is 7.27. The standard InChI is InChI=1S/C26H34N6O/c1-4-18-8-7-9-21(16-18)29-26(33)27-17-19-12-14-20(15-13-19)28-25-30-23-11-6-5-10-22(23)24(31-25)32(2)3/h5-11,16,19-20H,4,12-15,17H2,1-3H3,(H2,27,29,33)(H,28,30,31). The average molecular weight is 447 g/mol. The van der Waals surface area contributed by atoms with Crippen molar-refractivity contribution in [2.45, 2.75) is 45.1 Å². The summed E-state index contributed by atoms with van der Waals surface area (Å²) < 4.78 is 0. The molecule has 1 saturated carbocycles. The van der Waals surface area contributed by atoms with E-state index in [2.05, 4.69) is 35.0 Å². The van der Waals surface area contributed by atoms with E-state index in [9.17, 15) is 4.79 Å². The lowest BCUT2D eigenvalue weighted by atomic mass is 9.86. The van der Waals surface area contributed by atoms with Gasteiger partial charge in [0.2, 0.25) is 5.95 Å². The Hall–Kier alpha value is -3.35. The molecule has 0 spiro atoms. The van der Waals surface area contributed by atoms with Crippen LogP contribution >= 0.6 is 0 Å². The van der Waals surface area contributed by atoms with Crippen LogP contribution in [0.15, 0.2) is 48.5 Å². The van der Waals surface area contributed by atoms with Crippen LogP contribution in [0.2, 0.25) is 0 Å². The molecule has 0 radical (unpaired) electrons. The third-order valence-electron chi connectivity index (χ3n) is 6.33. The number of urea groups is 1. The monoisotopic (exact) mass is 446 g/mol. The van der Waals surface area contributed by atoms with Gasteiger partial charge in [0.05, 0.1) is 5.52 Å². The topological polar surface area (TPSA) is 82.2 Å².